The largest absolute Gasteiger partial charge is 0.372 e. The molecule has 0 aromatic carbocycles. The summed E-state index contributed by atoms with van der Waals surface area (Å²) in [4.78, 5) is 18.6. The van der Waals surface area contributed by atoms with Crippen molar-refractivity contribution in [2.24, 2.45) is 5.92 Å². The van der Waals surface area contributed by atoms with E-state index in [0.717, 1.165) is 38.6 Å². The third-order valence-electron chi connectivity index (χ3n) is 5.83. The van der Waals surface area contributed by atoms with Crippen LogP contribution in [0.4, 0.5) is 0 Å². The quantitative estimate of drug-likeness (QED) is 0.901. The Morgan fingerprint density at radius 2 is 2.26 bits per heavy atom. The first kappa shape index (κ1) is 15.1. The molecule has 5 heteroatoms. The van der Waals surface area contributed by atoms with Crippen molar-refractivity contribution < 1.29 is 9.53 Å². The number of rotatable bonds is 5. The topological polar surface area (TPSA) is 54.5 Å². The number of aromatic nitrogens is 1. The van der Waals surface area contributed by atoms with Crippen molar-refractivity contribution in [1.29, 1.82) is 0 Å². The maximum Gasteiger partial charge on any atom is 0.252 e. The van der Waals surface area contributed by atoms with Crippen molar-refractivity contribution in [3.8, 4) is 0 Å². The molecule has 1 aliphatic carbocycles. The van der Waals surface area contributed by atoms with E-state index in [2.05, 4.69) is 15.2 Å². The molecule has 1 amide bonds. The van der Waals surface area contributed by atoms with Gasteiger partial charge >= 0.3 is 0 Å². The standard InChI is InChI=1S/C18H25N3O2/c22-17(14-3-2-8-19-11-14)20-9-6-15-7-10-23-18(15)12-21(13-18)16-4-1-5-16/h2-3,8,11,15-16H,1,4-7,9-10,12-13H2,(H,20,22). The highest BCUT2D eigenvalue weighted by Gasteiger charge is 2.54. The van der Waals surface area contributed by atoms with Gasteiger partial charge in [0.2, 0.25) is 0 Å². The van der Waals surface area contributed by atoms with Gasteiger partial charge in [-0.2, -0.15) is 0 Å². The summed E-state index contributed by atoms with van der Waals surface area (Å²) in [6.45, 7) is 3.78. The Balaban J connectivity index is 1.25. The lowest BCUT2D eigenvalue weighted by Crippen LogP contribution is -2.68. The van der Waals surface area contributed by atoms with Gasteiger partial charge in [-0.05, 0) is 43.7 Å². The number of pyridine rings is 1. The Hall–Kier alpha value is -1.46. The van der Waals surface area contributed by atoms with Gasteiger partial charge in [0.25, 0.3) is 5.91 Å². The van der Waals surface area contributed by atoms with Gasteiger partial charge in [-0.15, -0.1) is 0 Å². The minimum atomic E-state index is -0.0317. The lowest BCUT2D eigenvalue weighted by Gasteiger charge is -2.55. The fraction of sp³-hybridized carbons (Fsp3) is 0.667. The maximum atomic E-state index is 12.1. The Kier molecular flexibility index (Phi) is 4.07. The molecule has 124 valence electrons. The normalized spacial score (nSPS) is 26.7. The second-order valence-corrected chi connectivity index (χ2v) is 7.17. The molecular weight excluding hydrogens is 290 g/mol. The highest BCUT2D eigenvalue weighted by molar-refractivity contribution is 5.93. The lowest BCUT2D eigenvalue weighted by molar-refractivity contribution is -0.156. The fourth-order valence-corrected chi connectivity index (χ4v) is 4.15. The zero-order valence-corrected chi connectivity index (χ0v) is 13.5. The third-order valence-corrected chi connectivity index (χ3v) is 5.83. The van der Waals surface area contributed by atoms with Crippen LogP contribution in [0.15, 0.2) is 24.5 Å². The van der Waals surface area contributed by atoms with Gasteiger partial charge in [0.15, 0.2) is 0 Å². The number of likely N-dealkylation sites (tertiary alicyclic amines) is 1. The van der Waals surface area contributed by atoms with Crippen LogP contribution in [-0.2, 0) is 4.74 Å². The van der Waals surface area contributed by atoms with E-state index >= 15 is 0 Å². The number of carbonyl (C=O) groups is 1. The van der Waals surface area contributed by atoms with E-state index in [4.69, 9.17) is 4.74 Å². The summed E-state index contributed by atoms with van der Waals surface area (Å²) in [7, 11) is 0. The van der Waals surface area contributed by atoms with Gasteiger partial charge in [0.1, 0.15) is 0 Å². The van der Waals surface area contributed by atoms with Crippen LogP contribution in [0.1, 0.15) is 42.5 Å². The van der Waals surface area contributed by atoms with E-state index in [-0.39, 0.29) is 11.5 Å². The van der Waals surface area contributed by atoms with Crippen LogP contribution >= 0.6 is 0 Å². The van der Waals surface area contributed by atoms with E-state index in [9.17, 15) is 4.79 Å². The van der Waals surface area contributed by atoms with Crippen LogP contribution in [0.2, 0.25) is 0 Å². The summed E-state index contributed by atoms with van der Waals surface area (Å²) in [5, 5.41) is 3.02. The van der Waals surface area contributed by atoms with Crippen LogP contribution < -0.4 is 5.32 Å². The minimum absolute atomic E-state index is 0.0317. The molecular formula is C18H25N3O2. The molecule has 3 heterocycles. The summed E-state index contributed by atoms with van der Waals surface area (Å²) >= 11 is 0. The molecule has 2 aliphatic heterocycles. The second kappa shape index (κ2) is 6.21. The van der Waals surface area contributed by atoms with E-state index in [1.807, 2.05) is 0 Å². The first-order valence-corrected chi connectivity index (χ1v) is 8.83. The monoisotopic (exact) mass is 315 g/mol. The van der Waals surface area contributed by atoms with E-state index in [0.29, 0.717) is 18.0 Å². The van der Waals surface area contributed by atoms with Crippen molar-refractivity contribution in [2.75, 3.05) is 26.2 Å². The van der Waals surface area contributed by atoms with Crippen LogP contribution in [0.25, 0.3) is 0 Å². The van der Waals surface area contributed by atoms with Crippen molar-refractivity contribution in [2.45, 2.75) is 43.7 Å². The molecule has 1 unspecified atom stereocenters. The van der Waals surface area contributed by atoms with Crippen molar-refractivity contribution in [1.82, 2.24) is 15.2 Å². The van der Waals surface area contributed by atoms with Crippen LogP contribution in [0.5, 0.6) is 0 Å². The Bertz CT molecular complexity index is 553. The van der Waals surface area contributed by atoms with Gasteiger partial charge in [-0.3, -0.25) is 14.7 Å². The third kappa shape index (κ3) is 2.88. The lowest BCUT2D eigenvalue weighted by atomic mass is 9.76. The van der Waals surface area contributed by atoms with Crippen molar-refractivity contribution in [3.05, 3.63) is 30.1 Å². The Morgan fingerprint density at radius 1 is 1.39 bits per heavy atom. The number of nitrogens with one attached hydrogen (secondary N) is 1. The number of nitrogens with zero attached hydrogens (tertiary/aromatic N) is 2. The molecule has 23 heavy (non-hydrogen) atoms. The fourth-order valence-electron chi connectivity index (χ4n) is 4.15. The molecule has 5 nitrogen and oxygen atoms in total. The van der Waals surface area contributed by atoms with E-state index in [1.54, 1.807) is 24.5 Å². The van der Waals surface area contributed by atoms with Crippen LogP contribution in [0.3, 0.4) is 0 Å². The average molecular weight is 315 g/mol. The summed E-state index contributed by atoms with van der Waals surface area (Å²) in [5.41, 5.74) is 0.707. The molecule has 1 saturated carbocycles. The predicted molar refractivity (Wildman–Crippen MR) is 87.2 cm³/mol. The number of hydrogen-bond acceptors (Lipinski definition) is 4. The minimum Gasteiger partial charge on any atom is -0.372 e. The highest BCUT2D eigenvalue weighted by atomic mass is 16.5. The van der Waals surface area contributed by atoms with Gasteiger partial charge in [0, 0.05) is 44.7 Å². The van der Waals surface area contributed by atoms with Crippen molar-refractivity contribution in [3.63, 3.8) is 0 Å². The summed E-state index contributed by atoms with van der Waals surface area (Å²) < 4.78 is 6.12. The first-order valence-electron chi connectivity index (χ1n) is 8.83. The highest BCUT2D eigenvalue weighted by Crippen LogP contribution is 2.44. The summed E-state index contributed by atoms with van der Waals surface area (Å²) in [5.74, 6) is 0.545. The van der Waals surface area contributed by atoms with Crippen molar-refractivity contribution >= 4 is 5.91 Å². The summed E-state index contributed by atoms with van der Waals surface area (Å²) in [6, 6.07) is 4.40. The molecule has 0 bridgehead atoms. The molecule has 1 spiro atoms. The number of hydrogen-bond donors (Lipinski definition) is 1. The van der Waals surface area contributed by atoms with E-state index < -0.39 is 0 Å². The van der Waals surface area contributed by atoms with Crippen LogP contribution in [0, 0.1) is 5.92 Å². The zero-order chi connectivity index (χ0) is 15.7. The molecule has 2 saturated heterocycles. The molecule has 1 aromatic rings. The maximum absolute atomic E-state index is 12.1. The van der Waals surface area contributed by atoms with Gasteiger partial charge in [-0.1, -0.05) is 6.42 Å². The Morgan fingerprint density at radius 3 is 2.96 bits per heavy atom. The number of amides is 1. The molecule has 1 aromatic heterocycles. The van der Waals surface area contributed by atoms with Gasteiger partial charge in [0.05, 0.1) is 11.2 Å². The first-order chi connectivity index (χ1) is 11.3. The van der Waals surface area contributed by atoms with E-state index in [1.165, 1.54) is 19.3 Å². The zero-order valence-electron chi connectivity index (χ0n) is 13.5. The van der Waals surface area contributed by atoms with Gasteiger partial charge < -0.3 is 10.1 Å². The predicted octanol–water partition coefficient (Wildman–Crippen LogP) is 1.84. The smallest absolute Gasteiger partial charge is 0.252 e. The molecule has 3 aliphatic rings. The second-order valence-electron chi connectivity index (χ2n) is 7.17. The molecule has 1 atom stereocenters. The van der Waals surface area contributed by atoms with Gasteiger partial charge in [-0.25, -0.2) is 0 Å². The average Bonchev–Trinajstić information content (AvgIpc) is 2.90. The van der Waals surface area contributed by atoms with Crippen LogP contribution in [-0.4, -0.2) is 53.7 Å². The SMILES string of the molecule is O=C(NCCC1CCOC12CN(C1CCC1)C2)c1cccnc1. The number of carbonyl (C=O) groups excluding carboxylic acids is 1. The Labute approximate surface area is 137 Å². The summed E-state index contributed by atoms with van der Waals surface area (Å²) in [6.07, 6.45) is 9.53. The molecule has 4 rings (SSSR count). The number of ether oxygens (including phenoxy) is 1. The molecule has 0 radical (unpaired) electrons. The molecule has 1 N–H and O–H groups in total. The molecule has 3 fully saturated rings.